The highest BCUT2D eigenvalue weighted by Gasteiger charge is 2.35. The lowest BCUT2D eigenvalue weighted by Crippen LogP contribution is -2.44. The average Bonchev–Trinajstić information content (AvgIpc) is 2.91. The van der Waals surface area contributed by atoms with Gasteiger partial charge >= 0.3 is 18.2 Å². The molecule has 1 saturated heterocycles. The third-order valence-corrected chi connectivity index (χ3v) is 6.52. The molecule has 9 nitrogen and oxygen atoms in total. The van der Waals surface area contributed by atoms with E-state index in [1.54, 1.807) is 74.2 Å². The fourth-order valence-corrected chi connectivity index (χ4v) is 4.55. The molecule has 0 aliphatic carbocycles. The molecule has 224 valence electrons. The lowest BCUT2D eigenvalue weighted by Gasteiger charge is -2.34. The van der Waals surface area contributed by atoms with Crippen molar-refractivity contribution < 1.29 is 37.3 Å². The Balaban J connectivity index is 1.46. The number of nitrogens with zero attached hydrogens (tertiary/aromatic N) is 3. The molecular formula is C30H33F3N4O5. The maximum atomic E-state index is 13.7. The highest BCUT2D eigenvalue weighted by molar-refractivity contribution is 5.70. The van der Waals surface area contributed by atoms with Crippen molar-refractivity contribution in [1.82, 2.24) is 14.9 Å². The number of morpholine rings is 1. The van der Waals surface area contributed by atoms with E-state index >= 15 is 0 Å². The van der Waals surface area contributed by atoms with Crippen LogP contribution in [-0.4, -0.2) is 57.3 Å². The van der Waals surface area contributed by atoms with Crippen molar-refractivity contribution in [3.8, 4) is 0 Å². The van der Waals surface area contributed by atoms with Crippen LogP contribution in [0.2, 0.25) is 0 Å². The summed E-state index contributed by atoms with van der Waals surface area (Å²) in [5.41, 5.74) is 0.819. The number of hydrogen-bond donors (Lipinski definition) is 2. The number of aromatic nitrogens is 2. The predicted molar refractivity (Wildman–Crippen MR) is 148 cm³/mol. The number of alkyl halides is 3. The van der Waals surface area contributed by atoms with Crippen LogP contribution in [0.4, 0.5) is 29.6 Å². The molecule has 0 radical (unpaired) electrons. The molecular weight excluding hydrogens is 553 g/mol. The lowest BCUT2D eigenvalue weighted by atomic mass is 9.98. The summed E-state index contributed by atoms with van der Waals surface area (Å²) in [6, 6.07) is 13.8. The van der Waals surface area contributed by atoms with Gasteiger partial charge in [0.15, 0.2) is 0 Å². The van der Waals surface area contributed by atoms with Gasteiger partial charge in [-0.3, -0.25) is 4.79 Å². The summed E-state index contributed by atoms with van der Waals surface area (Å²) < 4.78 is 52.5. The van der Waals surface area contributed by atoms with Gasteiger partial charge in [-0.1, -0.05) is 36.4 Å². The van der Waals surface area contributed by atoms with Gasteiger partial charge in [-0.25, -0.2) is 14.8 Å². The zero-order chi connectivity index (χ0) is 30.5. The van der Waals surface area contributed by atoms with E-state index in [0.29, 0.717) is 36.5 Å². The van der Waals surface area contributed by atoms with Crippen LogP contribution in [0.3, 0.4) is 0 Å². The van der Waals surface area contributed by atoms with E-state index < -0.39 is 29.4 Å². The van der Waals surface area contributed by atoms with Crippen LogP contribution in [0.1, 0.15) is 54.8 Å². The number of carboxylic acid groups (broad SMARTS) is 1. The fourth-order valence-electron chi connectivity index (χ4n) is 4.55. The number of nitrogens with one attached hydrogen (secondary N) is 1. The molecule has 1 atom stereocenters. The standard InChI is InChI=1S/C30H33F3N4O5/c1-29(2,3)42-28(40)37-14-15-41-25(18-37)20-8-11-22(12-9-20)35-27-34-17-23(30(31,32)33)24(36-27)13-10-19-6-4-5-7-21(19)16-26(38)39/h4-9,11-12,17,25H,10,13-16,18H2,1-3H3,(H,38,39)(H,34,35,36). The van der Waals surface area contributed by atoms with Gasteiger partial charge in [0.2, 0.25) is 5.95 Å². The first-order valence-corrected chi connectivity index (χ1v) is 13.5. The van der Waals surface area contributed by atoms with Crippen molar-refractivity contribution in [1.29, 1.82) is 0 Å². The summed E-state index contributed by atoms with van der Waals surface area (Å²) in [5, 5.41) is 12.1. The SMILES string of the molecule is CC(C)(C)OC(=O)N1CCOC(c2ccc(Nc3ncc(C(F)(F)F)c(CCc4ccccc4CC(=O)O)n3)cc2)C1. The number of aryl methyl sites for hydroxylation is 2. The Bertz CT molecular complexity index is 1410. The first-order chi connectivity index (χ1) is 19.8. The Morgan fingerprint density at radius 1 is 1.07 bits per heavy atom. The van der Waals surface area contributed by atoms with Gasteiger partial charge in [-0.15, -0.1) is 0 Å². The lowest BCUT2D eigenvalue weighted by molar-refractivity contribution is -0.139. The molecule has 1 fully saturated rings. The van der Waals surface area contributed by atoms with Crippen LogP contribution >= 0.6 is 0 Å². The summed E-state index contributed by atoms with van der Waals surface area (Å²) in [5.74, 6) is -1.03. The van der Waals surface area contributed by atoms with Gasteiger partial charge in [0, 0.05) is 18.4 Å². The molecule has 12 heteroatoms. The number of carboxylic acids is 1. The molecule has 0 spiro atoms. The molecule has 1 aromatic heterocycles. The van der Waals surface area contributed by atoms with Crippen molar-refractivity contribution in [2.24, 2.45) is 0 Å². The molecule has 2 N–H and O–H groups in total. The van der Waals surface area contributed by atoms with E-state index in [4.69, 9.17) is 14.6 Å². The molecule has 1 amide bonds. The molecule has 4 rings (SSSR count). The van der Waals surface area contributed by atoms with E-state index in [1.165, 1.54) is 0 Å². The first-order valence-electron chi connectivity index (χ1n) is 13.5. The highest BCUT2D eigenvalue weighted by Crippen LogP contribution is 2.32. The van der Waals surface area contributed by atoms with E-state index in [1.807, 2.05) is 0 Å². The molecule has 0 saturated carbocycles. The molecule has 2 aromatic carbocycles. The Labute approximate surface area is 241 Å². The molecule has 3 aromatic rings. The molecule has 2 heterocycles. The van der Waals surface area contributed by atoms with E-state index in [-0.39, 0.29) is 37.0 Å². The van der Waals surface area contributed by atoms with Crippen LogP contribution < -0.4 is 5.32 Å². The summed E-state index contributed by atoms with van der Waals surface area (Å²) in [6.07, 6.45) is -4.77. The summed E-state index contributed by atoms with van der Waals surface area (Å²) in [4.78, 5) is 33.3. The fraction of sp³-hybridized carbons (Fsp3) is 0.400. The Hall–Kier alpha value is -4.19. The molecule has 1 unspecified atom stereocenters. The van der Waals surface area contributed by atoms with Gasteiger partial charge in [-0.2, -0.15) is 13.2 Å². The monoisotopic (exact) mass is 586 g/mol. The second-order valence-electron chi connectivity index (χ2n) is 10.9. The van der Waals surface area contributed by atoms with Crippen LogP contribution in [0, 0.1) is 0 Å². The number of benzene rings is 2. The highest BCUT2D eigenvalue weighted by atomic mass is 19.4. The molecule has 1 aliphatic rings. The number of carbonyl (C=O) groups is 2. The van der Waals surface area contributed by atoms with Gasteiger partial charge in [0.25, 0.3) is 0 Å². The van der Waals surface area contributed by atoms with Crippen molar-refractivity contribution in [2.45, 2.75) is 57.9 Å². The van der Waals surface area contributed by atoms with Crippen molar-refractivity contribution in [3.05, 3.63) is 82.7 Å². The minimum Gasteiger partial charge on any atom is -0.481 e. The summed E-state index contributed by atoms with van der Waals surface area (Å²) in [7, 11) is 0. The largest absolute Gasteiger partial charge is 0.481 e. The molecule has 1 aliphatic heterocycles. The van der Waals surface area contributed by atoms with E-state index in [9.17, 15) is 22.8 Å². The summed E-state index contributed by atoms with van der Waals surface area (Å²) >= 11 is 0. The normalized spacial score (nSPS) is 15.8. The number of halogens is 3. The van der Waals surface area contributed by atoms with Crippen LogP contribution in [0.15, 0.2) is 54.7 Å². The number of anilines is 2. The number of ether oxygens (including phenoxy) is 2. The Morgan fingerprint density at radius 2 is 1.76 bits per heavy atom. The zero-order valence-corrected chi connectivity index (χ0v) is 23.6. The van der Waals surface area contributed by atoms with Gasteiger partial charge < -0.3 is 24.8 Å². The second-order valence-corrected chi connectivity index (χ2v) is 10.9. The van der Waals surface area contributed by atoms with Crippen molar-refractivity contribution in [3.63, 3.8) is 0 Å². The number of amides is 1. The minimum absolute atomic E-state index is 0.00501. The van der Waals surface area contributed by atoms with Crippen molar-refractivity contribution in [2.75, 3.05) is 25.0 Å². The van der Waals surface area contributed by atoms with Crippen LogP contribution in [0.5, 0.6) is 0 Å². The summed E-state index contributed by atoms with van der Waals surface area (Å²) in [6.45, 7) is 6.51. The topological polar surface area (TPSA) is 114 Å². The van der Waals surface area contributed by atoms with Gasteiger partial charge in [0.05, 0.1) is 30.8 Å². The van der Waals surface area contributed by atoms with E-state index in [0.717, 1.165) is 11.8 Å². The maximum absolute atomic E-state index is 13.7. The van der Waals surface area contributed by atoms with Crippen molar-refractivity contribution >= 4 is 23.7 Å². The van der Waals surface area contributed by atoms with Crippen LogP contribution in [0.25, 0.3) is 0 Å². The minimum atomic E-state index is -4.65. The third-order valence-electron chi connectivity index (χ3n) is 6.52. The van der Waals surface area contributed by atoms with Gasteiger partial charge in [0.1, 0.15) is 11.7 Å². The number of carbonyl (C=O) groups excluding carboxylic acids is 1. The quantitative estimate of drug-likeness (QED) is 0.333. The first kappa shape index (κ1) is 30.8. The second kappa shape index (κ2) is 12.8. The average molecular weight is 587 g/mol. The Kier molecular flexibility index (Phi) is 9.35. The smallest absolute Gasteiger partial charge is 0.419 e. The number of rotatable bonds is 8. The zero-order valence-electron chi connectivity index (χ0n) is 23.6. The number of aliphatic carboxylic acids is 1. The Morgan fingerprint density at radius 3 is 2.40 bits per heavy atom. The predicted octanol–water partition coefficient (Wildman–Crippen LogP) is 5.96. The molecule has 0 bridgehead atoms. The third kappa shape index (κ3) is 8.41. The maximum Gasteiger partial charge on any atom is 0.419 e. The van der Waals surface area contributed by atoms with E-state index in [2.05, 4.69) is 15.3 Å². The molecule has 42 heavy (non-hydrogen) atoms. The van der Waals surface area contributed by atoms with Gasteiger partial charge in [-0.05, 0) is 62.4 Å². The van der Waals surface area contributed by atoms with Crippen LogP contribution in [-0.2, 0) is 39.7 Å². The number of hydrogen-bond acceptors (Lipinski definition) is 7.